The number of fused-ring (bicyclic) bond motifs is 1. The van der Waals surface area contributed by atoms with Crippen molar-refractivity contribution in [3.8, 4) is 0 Å². The van der Waals surface area contributed by atoms with Crippen molar-refractivity contribution in [1.82, 2.24) is 9.47 Å². The summed E-state index contributed by atoms with van der Waals surface area (Å²) in [6.07, 6.45) is 2.37. The molecule has 0 N–H and O–H groups in total. The van der Waals surface area contributed by atoms with E-state index < -0.39 is 0 Å². The van der Waals surface area contributed by atoms with Crippen molar-refractivity contribution < 1.29 is 9.66 Å². The minimum atomic E-state index is -0.346. The maximum Gasteiger partial charge on any atom is 0.270 e. The molecule has 1 aromatic carbocycles. The van der Waals surface area contributed by atoms with Gasteiger partial charge in [0.15, 0.2) is 0 Å². The van der Waals surface area contributed by atoms with Crippen molar-refractivity contribution in [3.05, 3.63) is 40.1 Å². The van der Waals surface area contributed by atoms with Gasteiger partial charge in [-0.05, 0) is 31.5 Å². The lowest BCUT2D eigenvalue weighted by Crippen LogP contribution is -2.32. The van der Waals surface area contributed by atoms with Gasteiger partial charge >= 0.3 is 0 Å². The Hall–Kier alpha value is -1.92. The molecule has 0 amide bonds. The zero-order valence-corrected chi connectivity index (χ0v) is 13.0. The fourth-order valence-electron chi connectivity index (χ4n) is 3.35. The summed E-state index contributed by atoms with van der Waals surface area (Å²) in [6.45, 7) is 2.69. The summed E-state index contributed by atoms with van der Waals surface area (Å²) >= 11 is 0. The first-order chi connectivity index (χ1) is 10.6. The second-order valence-corrected chi connectivity index (χ2v) is 5.92. The van der Waals surface area contributed by atoms with E-state index in [-0.39, 0.29) is 10.6 Å². The molecule has 0 saturated carbocycles. The van der Waals surface area contributed by atoms with Gasteiger partial charge in [-0.25, -0.2) is 0 Å². The van der Waals surface area contributed by atoms with E-state index in [1.54, 1.807) is 19.2 Å². The van der Waals surface area contributed by atoms with E-state index in [2.05, 4.69) is 15.5 Å². The number of nitro groups is 1. The molecule has 1 aromatic heterocycles. The molecule has 1 fully saturated rings. The lowest BCUT2D eigenvalue weighted by Gasteiger charge is -2.23. The average molecular weight is 303 g/mol. The number of non-ortho nitro benzene ring substituents is 1. The highest BCUT2D eigenvalue weighted by atomic mass is 16.6. The van der Waals surface area contributed by atoms with Gasteiger partial charge in [0.2, 0.25) is 0 Å². The van der Waals surface area contributed by atoms with E-state index in [1.165, 1.54) is 18.5 Å². The molecule has 118 valence electrons. The van der Waals surface area contributed by atoms with Gasteiger partial charge < -0.3 is 9.30 Å². The van der Waals surface area contributed by atoms with Gasteiger partial charge in [-0.15, -0.1) is 0 Å². The molecule has 1 atom stereocenters. The molecule has 2 heterocycles. The summed E-state index contributed by atoms with van der Waals surface area (Å²) in [4.78, 5) is 13.0. The SMILES string of the molecule is COC[C@H]1CCCN1Cc1cc2cc([N+](=O)[O-])ccc2n1C. The number of nitro benzene ring substituents is 1. The van der Waals surface area contributed by atoms with Crippen molar-refractivity contribution in [2.45, 2.75) is 25.4 Å². The van der Waals surface area contributed by atoms with Crippen LogP contribution in [0.2, 0.25) is 0 Å². The van der Waals surface area contributed by atoms with E-state index in [0.717, 1.165) is 30.6 Å². The third kappa shape index (κ3) is 2.71. The van der Waals surface area contributed by atoms with Crippen LogP contribution < -0.4 is 0 Å². The monoisotopic (exact) mass is 303 g/mol. The summed E-state index contributed by atoms with van der Waals surface area (Å²) in [6, 6.07) is 7.57. The number of nitrogens with zero attached hydrogens (tertiary/aromatic N) is 3. The summed E-state index contributed by atoms with van der Waals surface area (Å²) < 4.78 is 7.43. The third-order valence-electron chi connectivity index (χ3n) is 4.56. The molecule has 0 unspecified atom stereocenters. The number of hydrogen-bond donors (Lipinski definition) is 0. The van der Waals surface area contributed by atoms with Gasteiger partial charge in [-0.1, -0.05) is 0 Å². The standard InChI is InChI=1S/C16H21N3O3/c1-17-15(10-18-7-3-4-14(18)11-22-2)9-12-8-13(19(20)21)5-6-16(12)17/h5-6,8-9,14H,3-4,7,10-11H2,1-2H3/t14-/m1/s1. The smallest absolute Gasteiger partial charge is 0.270 e. The van der Waals surface area contributed by atoms with Gasteiger partial charge in [0.1, 0.15) is 0 Å². The molecule has 3 rings (SSSR count). The largest absolute Gasteiger partial charge is 0.383 e. The zero-order valence-electron chi connectivity index (χ0n) is 13.0. The normalized spacial score (nSPS) is 19.1. The van der Waals surface area contributed by atoms with Crippen LogP contribution in [-0.2, 0) is 18.3 Å². The quantitative estimate of drug-likeness (QED) is 0.629. The minimum Gasteiger partial charge on any atom is -0.383 e. The van der Waals surface area contributed by atoms with Gasteiger partial charge in [-0.3, -0.25) is 15.0 Å². The Labute approximate surface area is 129 Å². The number of methoxy groups -OCH3 is 1. The highest BCUT2D eigenvalue weighted by Crippen LogP contribution is 2.26. The van der Waals surface area contributed by atoms with Crippen molar-refractivity contribution in [2.75, 3.05) is 20.3 Å². The van der Waals surface area contributed by atoms with Crippen LogP contribution in [0, 0.1) is 10.1 Å². The first-order valence-electron chi connectivity index (χ1n) is 7.56. The van der Waals surface area contributed by atoms with E-state index in [4.69, 9.17) is 4.74 Å². The summed E-state index contributed by atoms with van der Waals surface area (Å²) in [5.41, 5.74) is 2.35. The summed E-state index contributed by atoms with van der Waals surface area (Å²) in [7, 11) is 3.76. The second-order valence-electron chi connectivity index (χ2n) is 5.92. The molecule has 0 spiro atoms. The summed E-state index contributed by atoms with van der Waals surface area (Å²) in [5.74, 6) is 0. The number of benzene rings is 1. The van der Waals surface area contributed by atoms with Gasteiger partial charge in [0, 0.05) is 55.5 Å². The predicted octanol–water partition coefficient (Wildman–Crippen LogP) is 2.70. The van der Waals surface area contributed by atoms with Crippen LogP contribution in [0.1, 0.15) is 18.5 Å². The first kappa shape index (κ1) is 15.0. The van der Waals surface area contributed by atoms with Crippen molar-refractivity contribution in [1.29, 1.82) is 0 Å². The van der Waals surface area contributed by atoms with E-state index >= 15 is 0 Å². The topological polar surface area (TPSA) is 60.5 Å². The molecular formula is C16H21N3O3. The van der Waals surface area contributed by atoms with Gasteiger partial charge in [0.05, 0.1) is 11.5 Å². The van der Waals surface area contributed by atoms with E-state index in [0.29, 0.717) is 6.04 Å². The molecule has 1 aliphatic rings. The van der Waals surface area contributed by atoms with Crippen molar-refractivity contribution >= 4 is 16.6 Å². The second kappa shape index (κ2) is 6.06. The zero-order chi connectivity index (χ0) is 15.7. The molecular weight excluding hydrogens is 282 g/mol. The van der Waals surface area contributed by atoms with E-state index in [1.807, 2.05) is 13.1 Å². The maximum atomic E-state index is 10.9. The maximum absolute atomic E-state index is 10.9. The van der Waals surface area contributed by atoms with Crippen LogP contribution in [0.15, 0.2) is 24.3 Å². The Morgan fingerprint density at radius 1 is 1.41 bits per heavy atom. The molecule has 0 bridgehead atoms. The highest BCUT2D eigenvalue weighted by Gasteiger charge is 2.25. The van der Waals surface area contributed by atoms with Crippen LogP contribution in [0.4, 0.5) is 5.69 Å². The van der Waals surface area contributed by atoms with Gasteiger partial charge in [0.25, 0.3) is 5.69 Å². The van der Waals surface area contributed by atoms with E-state index in [9.17, 15) is 10.1 Å². The number of likely N-dealkylation sites (tertiary alicyclic amines) is 1. The lowest BCUT2D eigenvalue weighted by atomic mass is 10.2. The van der Waals surface area contributed by atoms with Crippen LogP contribution in [0.3, 0.4) is 0 Å². The van der Waals surface area contributed by atoms with Crippen molar-refractivity contribution in [2.24, 2.45) is 7.05 Å². The predicted molar refractivity (Wildman–Crippen MR) is 84.9 cm³/mol. The minimum absolute atomic E-state index is 0.142. The Kier molecular flexibility index (Phi) is 4.13. The van der Waals surface area contributed by atoms with Gasteiger partial charge in [-0.2, -0.15) is 0 Å². The lowest BCUT2D eigenvalue weighted by molar-refractivity contribution is -0.384. The van der Waals surface area contributed by atoms with Crippen LogP contribution >= 0.6 is 0 Å². The molecule has 1 saturated heterocycles. The first-order valence-corrected chi connectivity index (χ1v) is 7.56. The number of hydrogen-bond acceptors (Lipinski definition) is 4. The molecule has 6 nitrogen and oxygen atoms in total. The summed E-state index contributed by atoms with van der Waals surface area (Å²) in [5, 5.41) is 11.8. The number of ether oxygens (including phenoxy) is 1. The number of aromatic nitrogens is 1. The molecule has 6 heteroatoms. The molecule has 0 radical (unpaired) electrons. The Balaban J connectivity index is 1.87. The van der Waals surface area contributed by atoms with Crippen molar-refractivity contribution in [3.63, 3.8) is 0 Å². The van der Waals surface area contributed by atoms with Crippen LogP contribution in [0.25, 0.3) is 10.9 Å². The van der Waals surface area contributed by atoms with Crippen LogP contribution in [0.5, 0.6) is 0 Å². The fraction of sp³-hybridized carbons (Fsp3) is 0.500. The number of aryl methyl sites for hydroxylation is 1. The average Bonchev–Trinajstić information content (AvgIpc) is 3.05. The number of rotatable bonds is 5. The molecule has 22 heavy (non-hydrogen) atoms. The fourth-order valence-corrected chi connectivity index (χ4v) is 3.35. The molecule has 0 aliphatic carbocycles. The molecule has 1 aliphatic heterocycles. The Morgan fingerprint density at radius 3 is 2.95 bits per heavy atom. The Bertz CT molecular complexity index is 695. The third-order valence-corrected chi connectivity index (χ3v) is 4.56. The van der Waals surface area contributed by atoms with Crippen LogP contribution in [-0.4, -0.2) is 40.7 Å². The molecule has 2 aromatic rings. The highest BCUT2D eigenvalue weighted by molar-refractivity contribution is 5.83. The Morgan fingerprint density at radius 2 is 2.23 bits per heavy atom.